The van der Waals surface area contributed by atoms with Crippen LogP contribution in [0.4, 0.5) is 5.69 Å². The fourth-order valence-corrected chi connectivity index (χ4v) is 3.55. The first-order valence-corrected chi connectivity index (χ1v) is 10.5. The first-order chi connectivity index (χ1) is 16.0. The fraction of sp³-hybridized carbons (Fsp3) is 0.292. The number of rotatable bonds is 10. The van der Waals surface area contributed by atoms with Gasteiger partial charge in [0, 0.05) is 24.2 Å². The minimum absolute atomic E-state index is 0.425. The summed E-state index contributed by atoms with van der Waals surface area (Å²) >= 11 is 5.78. The van der Waals surface area contributed by atoms with Gasteiger partial charge in [-0.2, -0.15) is 0 Å². The molecule has 0 amide bonds. The molecule has 0 aliphatic rings. The molecule has 0 aliphatic heterocycles. The smallest absolute Gasteiger partial charge is 0.174 e. The lowest BCUT2D eigenvalue weighted by atomic mass is 10.1. The van der Waals surface area contributed by atoms with E-state index in [1.165, 1.54) is 0 Å². The summed E-state index contributed by atoms with van der Waals surface area (Å²) in [6.45, 7) is 0.864. The number of thiocarbonyl (C=S) groups is 1. The first-order valence-electron chi connectivity index (χ1n) is 10.1. The van der Waals surface area contributed by atoms with Gasteiger partial charge in [0.1, 0.15) is 23.0 Å². The van der Waals surface area contributed by atoms with Gasteiger partial charge < -0.3 is 38.3 Å². The van der Waals surface area contributed by atoms with Crippen molar-refractivity contribution in [3.05, 3.63) is 60.1 Å². The molecular weight excluding hydrogens is 444 g/mol. The van der Waals surface area contributed by atoms with E-state index in [9.17, 15) is 0 Å². The van der Waals surface area contributed by atoms with Crippen molar-refractivity contribution < 1.29 is 28.1 Å². The van der Waals surface area contributed by atoms with E-state index in [4.69, 9.17) is 40.3 Å². The molecule has 3 rings (SSSR count). The Bertz CT molecular complexity index is 1070. The molecule has 1 N–H and O–H groups in total. The third-order valence-corrected chi connectivity index (χ3v) is 5.37. The van der Waals surface area contributed by atoms with Gasteiger partial charge in [0.05, 0.1) is 54.0 Å². The van der Waals surface area contributed by atoms with E-state index in [1.54, 1.807) is 53.9 Å². The SMILES string of the molecule is COc1ccc(NC(=S)N(Cc2ccco2)Cc2cc(OC)c(OC)cc2OC)c(OC)c1. The van der Waals surface area contributed by atoms with Crippen molar-refractivity contribution in [2.45, 2.75) is 13.1 Å². The van der Waals surface area contributed by atoms with E-state index in [1.807, 2.05) is 35.2 Å². The van der Waals surface area contributed by atoms with Gasteiger partial charge in [-0.15, -0.1) is 0 Å². The fourth-order valence-electron chi connectivity index (χ4n) is 3.31. The Morgan fingerprint density at radius 1 is 0.818 bits per heavy atom. The van der Waals surface area contributed by atoms with Gasteiger partial charge in [-0.25, -0.2) is 0 Å². The molecule has 1 heterocycles. The molecule has 0 saturated carbocycles. The largest absolute Gasteiger partial charge is 0.497 e. The van der Waals surface area contributed by atoms with Crippen molar-refractivity contribution >= 4 is 23.0 Å². The highest BCUT2D eigenvalue weighted by molar-refractivity contribution is 7.80. The molecule has 0 spiro atoms. The van der Waals surface area contributed by atoms with Crippen LogP contribution in [0.15, 0.2) is 53.1 Å². The maximum absolute atomic E-state index is 5.78. The summed E-state index contributed by atoms with van der Waals surface area (Å²) in [5.74, 6) is 3.90. The lowest BCUT2D eigenvalue weighted by Gasteiger charge is -2.27. The topological polar surface area (TPSA) is 74.6 Å². The molecule has 2 aromatic carbocycles. The standard InChI is InChI=1S/C24H28N2O6S/c1-27-17-8-9-19(21(12-17)29-3)25-24(33)26(15-18-7-6-10-32-18)14-16-11-22(30-4)23(31-5)13-20(16)28-2/h6-13H,14-15H2,1-5H3,(H,25,33). The van der Waals surface area contributed by atoms with Gasteiger partial charge in [0.2, 0.25) is 0 Å². The molecule has 0 unspecified atom stereocenters. The molecule has 9 heteroatoms. The van der Waals surface area contributed by atoms with Crippen LogP contribution in [0.25, 0.3) is 0 Å². The minimum Gasteiger partial charge on any atom is -0.497 e. The third-order valence-electron chi connectivity index (χ3n) is 5.01. The first kappa shape index (κ1) is 24.1. The minimum atomic E-state index is 0.425. The van der Waals surface area contributed by atoms with Crippen LogP contribution in [-0.4, -0.2) is 45.6 Å². The summed E-state index contributed by atoms with van der Waals surface area (Å²) in [6.07, 6.45) is 1.63. The van der Waals surface area contributed by atoms with Crippen LogP contribution in [0.1, 0.15) is 11.3 Å². The maximum Gasteiger partial charge on any atom is 0.174 e. The van der Waals surface area contributed by atoms with E-state index in [-0.39, 0.29) is 0 Å². The van der Waals surface area contributed by atoms with Crippen molar-refractivity contribution in [2.24, 2.45) is 0 Å². The van der Waals surface area contributed by atoms with E-state index in [0.717, 1.165) is 11.3 Å². The Labute approximate surface area is 198 Å². The molecule has 33 heavy (non-hydrogen) atoms. The highest BCUT2D eigenvalue weighted by Gasteiger charge is 2.19. The number of methoxy groups -OCH3 is 5. The predicted molar refractivity (Wildman–Crippen MR) is 130 cm³/mol. The number of ether oxygens (including phenoxy) is 5. The average Bonchev–Trinajstić information content (AvgIpc) is 3.36. The van der Waals surface area contributed by atoms with Crippen LogP contribution in [0.3, 0.4) is 0 Å². The molecule has 176 valence electrons. The van der Waals surface area contributed by atoms with E-state index in [2.05, 4.69) is 5.32 Å². The Kier molecular flexibility index (Phi) is 8.26. The maximum atomic E-state index is 5.78. The zero-order valence-electron chi connectivity index (χ0n) is 19.3. The summed E-state index contributed by atoms with van der Waals surface area (Å²) in [4.78, 5) is 1.96. The van der Waals surface area contributed by atoms with Crippen LogP contribution >= 0.6 is 12.2 Å². The zero-order valence-corrected chi connectivity index (χ0v) is 20.2. The highest BCUT2D eigenvalue weighted by atomic mass is 32.1. The molecule has 0 atom stereocenters. The quantitative estimate of drug-likeness (QED) is 0.422. The molecule has 1 aromatic heterocycles. The molecule has 0 aliphatic carbocycles. The predicted octanol–water partition coefficient (Wildman–Crippen LogP) is 4.72. The second-order valence-electron chi connectivity index (χ2n) is 6.95. The summed E-state index contributed by atoms with van der Waals surface area (Å²) in [7, 11) is 7.99. The van der Waals surface area contributed by atoms with Gasteiger partial charge in [-0.1, -0.05) is 0 Å². The molecule has 3 aromatic rings. The van der Waals surface area contributed by atoms with Crippen LogP contribution in [0.5, 0.6) is 28.7 Å². The normalized spacial score (nSPS) is 10.3. The van der Waals surface area contributed by atoms with Crippen molar-refractivity contribution in [1.29, 1.82) is 0 Å². The average molecular weight is 473 g/mol. The summed E-state index contributed by atoms with van der Waals surface area (Å²) in [5.41, 5.74) is 1.58. The van der Waals surface area contributed by atoms with E-state index in [0.29, 0.717) is 52.6 Å². The number of nitrogens with zero attached hydrogens (tertiary/aromatic N) is 1. The summed E-state index contributed by atoms with van der Waals surface area (Å²) < 4.78 is 32.8. The number of nitrogens with one attached hydrogen (secondary N) is 1. The van der Waals surface area contributed by atoms with E-state index < -0.39 is 0 Å². The van der Waals surface area contributed by atoms with Gasteiger partial charge >= 0.3 is 0 Å². The number of hydrogen-bond acceptors (Lipinski definition) is 7. The molecule has 0 bridgehead atoms. The monoisotopic (exact) mass is 472 g/mol. The molecular formula is C24H28N2O6S. The molecule has 0 saturated heterocycles. The third kappa shape index (κ3) is 5.81. The summed E-state index contributed by atoms with van der Waals surface area (Å²) in [5, 5.41) is 3.75. The van der Waals surface area contributed by atoms with Crippen LogP contribution in [0, 0.1) is 0 Å². The highest BCUT2D eigenvalue weighted by Crippen LogP contribution is 2.36. The number of benzene rings is 2. The van der Waals surface area contributed by atoms with Crippen molar-refractivity contribution in [1.82, 2.24) is 4.90 Å². The Hall–Kier alpha value is -3.59. The zero-order chi connectivity index (χ0) is 23.8. The number of anilines is 1. The molecule has 0 fully saturated rings. The molecule has 0 radical (unpaired) electrons. The number of hydrogen-bond donors (Lipinski definition) is 1. The summed E-state index contributed by atoms with van der Waals surface area (Å²) in [6, 6.07) is 12.9. The van der Waals surface area contributed by atoms with E-state index >= 15 is 0 Å². The van der Waals surface area contributed by atoms with Gasteiger partial charge in [0.25, 0.3) is 0 Å². The van der Waals surface area contributed by atoms with Crippen molar-refractivity contribution in [2.75, 3.05) is 40.9 Å². The number of furan rings is 1. The lowest BCUT2D eigenvalue weighted by Crippen LogP contribution is -2.34. The van der Waals surface area contributed by atoms with Gasteiger partial charge in [-0.3, -0.25) is 0 Å². The van der Waals surface area contributed by atoms with Crippen LogP contribution in [0.2, 0.25) is 0 Å². The van der Waals surface area contributed by atoms with Crippen molar-refractivity contribution in [3.63, 3.8) is 0 Å². The van der Waals surface area contributed by atoms with Gasteiger partial charge in [0.15, 0.2) is 16.6 Å². The Morgan fingerprint density at radius 2 is 1.52 bits per heavy atom. The Morgan fingerprint density at radius 3 is 2.12 bits per heavy atom. The van der Waals surface area contributed by atoms with Crippen LogP contribution < -0.4 is 29.0 Å². The molecule has 8 nitrogen and oxygen atoms in total. The van der Waals surface area contributed by atoms with Gasteiger partial charge in [-0.05, 0) is 42.5 Å². The second kappa shape index (κ2) is 11.3. The van der Waals surface area contributed by atoms with Crippen LogP contribution in [-0.2, 0) is 13.1 Å². The lowest BCUT2D eigenvalue weighted by molar-refractivity contribution is 0.334. The van der Waals surface area contributed by atoms with Crippen molar-refractivity contribution in [3.8, 4) is 28.7 Å². The second-order valence-corrected chi connectivity index (χ2v) is 7.34. The Balaban J connectivity index is 1.92.